The van der Waals surface area contributed by atoms with Gasteiger partial charge in [0, 0.05) is 0 Å². The second-order valence-electron chi connectivity index (χ2n) is 4.20. The average molecular weight is 238 g/mol. The van der Waals surface area contributed by atoms with Gasteiger partial charge in [-0.25, -0.2) is 0 Å². The van der Waals surface area contributed by atoms with E-state index in [0.717, 1.165) is 11.1 Å². The number of nitrogen functional groups attached to an aromatic ring is 1. The molecular formula is C15H14N2O. The Labute approximate surface area is 106 Å². The third-order valence-corrected chi connectivity index (χ3v) is 2.76. The molecule has 0 spiro atoms. The summed E-state index contributed by atoms with van der Waals surface area (Å²) in [5.74, 6) is 1.11. The smallest absolute Gasteiger partial charge is 0.150 e. The van der Waals surface area contributed by atoms with Crippen LogP contribution < -0.4 is 10.5 Å². The molecule has 3 heteroatoms. The maximum absolute atomic E-state index is 9.08. The monoisotopic (exact) mass is 238 g/mol. The van der Waals surface area contributed by atoms with Crippen molar-refractivity contribution >= 4 is 5.69 Å². The van der Waals surface area contributed by atoms with Gasteiger partial charge in [0.05, 0.1) is 11.3 Å². The Bertz CT molecular complexity index is 627. The molecular weight excluding hydrogens is 224 g/mol. The molecule has 0 heterocycles. The Morgan fingerprint density at radius 3 is 2.61 bits per heavy atom. The minimum atomic E-state index is 0.510. The van der Waals surface area contributed by atoms with Gasteiger partial charge in [-0.15, -0.1) is 0 Å². The normalized spacial score (nSPS) is 9.83. The second kappa shape index (κ2) is 4.80. The van der Waals surface area contributed by atoms with Gasteiger partial charge in [-0.3, -0.25) is 0 Å². The highest BCUT2D eigenvalue weighted by atomic mass is 16.5. The summed E-state index contributed by atoms with van der Waals surface area (Å²) in [4.78, 5) is 0. The molecule has 2 aromatic rings. The number of hydrogen-bond acceptors (Lipinski definition) is 3. The van der Waals surface area contributed by atoms with Gasteiger partial charge >= 0.3 is 0 Å². The fourth-order valence-electron chi connectivity index (χ4n) is 1.68. The molecule has 90 valence electrons. The van der Waals surface area contributed by atoms with Gasteiger partial charge in [0.25, 0.3) is 0 Å². The molecule has 3 nitrogen and oxygen atoms in total. The summed E-state index contributed by atoms with van der Waals surface area (Å²) in [5.41, 5.74) is 9.03. The first kappa shape index (κ1) is 12.0. The van der Waals surface area contributed by atoms with Crippen molar-refractivity contribution in [2.45, 2.75) is 13.8 Å². The van der Waals surface area contributed by atoms with Crippen molar-refractivity contribution in [1.82, 2.24) is 0 Å². The summed E-state index contributed by atoms with van der Waals surface area (Å²) in [6.45, 7) is 3.86. The van der Waals surface area contributed by atoms with E-state index in [9.17, 15) is 0 Å². The van der Waals surface area contributed by atoms with Crippen molar-refractivity contribution in [3.8, 4) is 17.6 Å². The summed E-state index contributed by atoms with van der Waals surface area (Å²) in [7, 11) is 0. The van der Waals surface area contributed by atoms with Crippen LogP contribution in [0, 0.1) is 25.2 Å². The van der Waals surface area contributed by atoms with Crippen LogP contribution in [0.15, 0.2) is 36.4 Å². The SMILES string of the molecule is Cc1ccc(Oc2cccc(C)c2N)c(C#N)c1. The number of aryl methyl sites for hydroxylation is 2. The Balaban J connectivity index is 2.41. The van der Waals surface area contributed by atoms with Gasteiger partial charge < -0.3 is 10.5 Å². The van der Waals surface area contributed by atoms with E-state index in [1.165, 1.54) is 0 Å². The van der Waals surface area contributed by atoms with Crippen LogP contribution >= 0.6 is 0 Å². The lowest BCUT2D eigenvalue weighted by Crippen LogP contribution is -1.96. The zero-order valence-electron chi connectivity index (χ0n) is 10.4. The van der Waals surface area contributed by atoms with E-state index in [-0.39, 0.29) is 0 Å². The van der Waals surface area contributed by atoms with Crippen molar-refractivity contribution in [3.63, 3.8) is 0 Å². The number of nitriles is 1. The molecule has 0 aromatic heterocycles. The van der Waals surface area contributed by atoms with Crippen LogP contribution in [-0.4, -0.2) is 0 Å². The lowest BCUT2D eigenvalue weighted by Gasteiger charge is -2.11. The van der Waals surface area contributed by atoms with Crippen LogP contribution in [-0.2, 0) is 0 Å². The van der Waals surface area contributed by atoms with E-state index in [1.54, 1.807) is 18.2 Å². The van der Waals surface area contributed by atoms with Crippen LogP contribution in [0.4, 0.5) is 5.69 Å². The van der Waals surface area contributed by atoms with Crippen molar-refractivity contribution in [2.24, 2.45) is 0 Å². The first-order valence-electron chi connectivity index (χ1n) is 5.65. The molecule has 0 bridgehead atoms. The highest BCUT2D eigenvalue weighted by Gasteiger charge is 2.08. The number of rotatable bonds is 2. The second-order valence-corrected chi connectivity index (χ2v) is 4.20. The zero-order chi connectivity index (χ0) is 13.1. The van der Waals surface area contributed by atoms with Crippen LogP contribution in [0.2, 0.25) is 0 Å². The van der Waals surface area contributed by atoms with Gasteiger partial charge in [0.1, 0.15) is 11.8 Å². The quantitative estimate of drug-likeness (QED) is 0.814. The summed E-state index contributed by atoms with van der Waals surface area (Å²) in [6.07, 6.45) is 0. The van der Waals surface area contributed by atoms with E-state index >= 15 is 0 Å². The van der Waals surface area contributed by atoms with Crippen molar-refractivity contribution in [2.75, 3.05) is 5.73 Å². The molecule has 0 aliphatic rings. The summed E-state index contributed by atoms with van der Waals surface area (Å²) >= 11 is 0. The molecule has 0 atom stereocenters. The Hall–Kier alpha value is -2.47. The highest BCUT2D eigenvalue weighted by molar-refractivity contribution is 5.60. The average Bonchev–Trinajstić information content (AvgIpc) is 2.37. The fourth-order valence-corrected chi connectivity index (χ4v) is 1.68. The number of nitrogens with zero attached hydrogens (tertiary/aromatic N) is 1. The van der Waals surface area contributed by atoms with E-state index in [1.807, 2.05) is 32.0 Å². The van der Waals surface area contributed by atoms with E-state index in [4.69, 9.17) is 15.7 Å². The number of benzene rings is 2. The van der Waals surface area contributed by atoms with Crippen LogP contribution in [0.5, 0.6) is 11.5 Å². The maximum atomic E-state index is 9.08. The molecule has 0 radical (unpaired) electrons. The van der Waals surface area contributed by atoms with Crippen molar-refractivity contribution < 1.29 is 4.74 Å². The van der Waals surface area contributed by atoms with E-state index < -0.39 is 0 Å². The first-order chi connectivity index (χ1) is 8.61. The summed E-state index contributed by atoms with van der Waals surface area (Å²) < 4.78 is 5.72. The fraction of sp³-hybridized carbons (Fsp3) is 0.133. The molecule has 0 saturated heterocycles. The van der Waals surface area contributed by atoms with Crippen molar-refractivity contribution in [1.29, 1.82) is 5.26 Å². The molecule has 0 aliphatic carbocycles. The highest BCUT2D eigenvalue weighted by Crippen LogP contribution is 2.31. The van der Waals surface area contributed by atoms with E-state index in [2.05, 4.69) is 6.07 Å². The number of ether oxygens (including phenoxy) is 1. The Kier molecular flexibility index (Phi) is 3.20. The van der Waals surface area contributed by atoms with E-state index in [0.29, 0.717) is 22.7 Å². The lowest BCUT2D eigenvalue weighted by atomic mass is 10.1. The molecule has 2 rings (SSSR count). The third kappa shape index (κ3) is 2.28. The van der Waals surface area contributed by atoms with Gasteiger partial charge in [-0.2, -0.15) is 5.26 Å². The summed E-state index contributed by atoms with van der Waals surface area (Å²) in [5, 5.41) is 9.08. The third-order valence-electron chi connectivity index (χ3n) is 2.76. The molecule has 0 fully saturated rings. The maximum Gasteiger partial charge on any atom is 0.150 e. The Morgan fingerprint density at radius 2 is 1.89 bits per heavy atom. The van der Waals surface area contributed by atoms with Crippen LogP contribution in [0.25, 0.3) is 0 Å². The molecule has 0 unspecified atom stereocenters. The standard InChI is InChI=1S/C15H14N2O/c1-10-6-7-13(12(8-10)9-16)18-14-5-3-4-11(2)15(14)17/h3-8H,17H2,1-2H3. The van der Waals surface area contributed by atoms with Crippen molar-refractivity contribution in [3.05, 3.63) is 53.1 Å². The molecule has 2 N–H and O–H groups in total. The predicted molar refractivity (Wildman–Crippen MR) is 71.6 cm³/mol. The number of nitrogens with two attached hydrogens (primary N) is 1. The Morgan fingerprint density at radius 1 is 1.11 bits per heavy atom. The van der Waals surface area contributed by atoms with Gasteiger partial charge in [0.2, 0.25) is 0 Å². The minimum absolute atomic E-state index is 0.510. The lowest BCUT2D eigenvalue weighted by molar-refractivity contribution is 0.483. The molecule has 2 aromatic carbocycles. The molecule has 0 aliphatic heterocycles. The minimum Gasteiger partial charge on any atom is -0.454 e. The van der Waals surface area contributed by atoms with Gasteiger partial charge in [-0.05, 0) is 43.2 Å². The van der Waals surface area contributed by atoms with Crippen LogP contribution in [0.3, 0.4) is 0 Å². The van der Waals surface area contributed by atoms with Crippen LogP contribution in [0.1, 0.15) is 16.7 Å². The number of anilines is 1. The molecule has 0 saturated carbocycles. The predicted octanol–water partition coefficient (Wildman–Crippen LogP) is 3.55. The first-order valence-corrected chi connectivity index (χ1v) is 5.65. The number of para-hydroxylation sites is 1. The van der Waals surface area contributed by atoms with Gasteiger partial charge in [-0.1, -0.05) is 18.2 Å². The molecule has 18 heavy (non-hydrogen) atoms. The van der Waals surface area contributed by atoms with Gasteiger partial charge in [0.15, 0.2) is 5.75 Å². The largest absolute Gasteiger partial charge is 0.454 e. The zero-order valence-corrected chi connectivity index (χ0v) is 10.4. The topological polar surface area (TPSA) is 59.0 Å². The summed E-state index contributed by atoms with van der Waals surface area (Å²) in [6, 6.07) is 13.2. The molecule has 0 amide bonds. The number of hydrogen-bond donors (Lipinski definition) is 1.